The van der Waals surface area contributed by atoms with Crippen molar-refractivity contribution in [2.45, 2.75) is 25.9 Å². The first kappa shape index (κ1) is 16.8. The normalized spacial score (nSPS) is 16.3. The number of hydrogen-bond donors (Lipinski definition) is 0. The Kier molecular flexibility index (Phi) is 5.80. The van der Waals surface area contributed by atoms with E-state index in [0.717, 1.165) is 44.2 Å². The van der Waals surface area contributed by atoms with Crippen LogP contribution in [0.5, 0.6) is 5.75 Å². The summed E-state index contributed by atoms with van der Waals surface area (Å²) in [6.07, 6.45) is 0.286. The van der Waals surface area contributed by atoms with Gasteiger partial charge in [-0.1, -0.05) is 12.1 Å². The largest absolute Gasteiger partial charge is 0.487 e. The monoisotopic (exact) mass is 307 g/mol. The summed E-state index contributed by atoms with van der Waals surface area (Å²) in [5.41, 5.74) is 0.645. The molecule has 0 amide bonds. The van der Waals surface area contributed by atoms with E-state index < -0.39 is 0 Å². The minimum absolute atomic E-state index is 0.235. The lowest BCUT2D eigenvalue weighted by molar-refractivity contribution is -0.139. The van der Waals surface area contributed by atoms with Gasteiger partial charge in [0, 0.05) is 19.6 Å². The van der Waals surface area contributed by atoms with E-state index in [1.54, 1.807) is 0 Å². The van der Waals surface area contributed by atoms with Crippen LogP contribution in [0, 0.1) is 0 Å². The van der Waals surface area contributed by atoms with Gasteiger partial charge >= 0.3 is 5.97 Å². The molecular weight excluding hydrogens is 282 g/mol. The molecule has 1 aromatic carbocycles. The average Bonchev–Trinajstić information content (AvgIpc) is 2.49. The number of esters is 1. The van der Waals surface area contributed by atoms with Crippen molar-refractivity contribution in [2.75, 3.05) is 40.0 Å². The molecule has 0 aliphatic carbocycles. The quantitative estimate of drug-likeness (QED) is 0.751. The first-order valence-corrected chi connectivity index (χ1v) is 7.63. The Morgan fingerprint density at radius 2 is 1.86 bits per heavy atom. The van der Waals surface area contributed by atoms with Crippen molar-refractivity contribution in [1.29, 1.82) is 0 Å². The Bertz CT molecular complexity index is 478. The molecule has 0 radical (unpaired) electrons. The lowest BCUT2D eigenvalue weighted by Crippen LogP contribution is -2.47. The van der Waals surface area contributed by atoms with Crippen molar-refractivity contribution in [3.05, 3.63) is 29.8 Å². The molecule has 1 saturated heterocycles. The van der Waals surface area contributed by atoms with Crippen molar-refractivity contribution in [1.82, 2.24) is 4.90 Å². The highest BCUT2D eigenvalue weighted by atomic mass is 16.5. The summed E-state index contributed by atoms with van der Waals surface area (Å²) in [5, 5.41) is 0. The first-order valence-electron chi connectivity index (χ1n) is 7.63. The molecule has 0 atom stereocenters. The van der Waals surface area contributed by atoms with E-state index in [9.17, 15) is 4.79 Å². The Balaban J connectivity index is 1.89. The molecule has 22 heavy (non-hydrogen) atoms. The molecule has 1 aliphatic heterocycles. The fraction of sp³-hybridized carbons (Fsp3) is 0.588. The third kappa shape index (κ3) is 5.31. The van der Waals surface area contributed by atoms with Gasteiger partial charge in [0.15, 0.2) is 0 Å². The van der Waals surface area contributed by atoms with E-state index in [2.05, 4.69) is 23.5 Å². The molecule has 0 bridgehead atoms. The SMILES string of the molecule is COC(=O)Cc1ccc(OC(C)(C)CN2CCOCC2)cc1. The minimum Gasteiger partial charge on any atom is -0.487 e. The van der Waals surface area contributed by atoms with E-state index in [4.69, 9.17) is 9.47 Å². The molecule has 2 rings (SSSR count). The van der Waals surface area contributed by atoms with Gasteiger partial charge in [0.1, 0.15) is 11.4 Å². The summed E-state index contributed by atoms with van der Waals surface area (Å²) in [6.45, 7) is 8.52. The molecule has 0 saturated carbocycles. The number of benzene rings is 1. The fourth-order valence-corrected chi connectivity index (χ4v) is 2.56. The smallest absolute Gasteiger partial charge is 0.309 e. The van der Waals surface area contributed by atoms with Gasteiger partial charge in [-0.25, -0.2) is 0 Å². The number of nitrogens with zero attached hydrogens (tertiary/aromatic N) is 1. The third-order valence-corrected chi connectivity index (χ3v) is 3.60. The van der Waals surface area contributed by atoms with Crippen LogP contribution in [-0.4, -0.2) is 56.4 Å². The zero-order chi connectivity index (χ0) is 16.0. The van der Waals surface area contributed by atoms with Gasteiger partial charge < -0.3 is 14.2 Å². The summed E-state index contributed by atoms with van der Waals surface area (Å²) in [7, 11) is 1.40. The molecule has 5 heteroatoms. The van der Waals surface area contributed by atoms with E-state index in [1.165, 1.54) is 7.11 Å². The number of ether oxygens (including phenoxy) is 3. The van der Waals surface area contributed by atoms with Crippen LogP contribution in [0.15, 0.2) is 24.3 Å². The van der Waals surface area contributed by atoms with E-state index >= 15 is 0 Å². The van der Waals surface area contributed by atoms with E-state index in [1.807, 2.05) is 24.3 Å². The van der Waals surface area contributed by atoms with Crippen LogP contribution in [0.1, 0.15) is 19.4 Å². The summed E-state index contributed by atoms with van der Waals surface area (Å²) in [5.74, 6) is 0.577. The highest BCUT2D eigenvalue weighted by molar-refractivity contribution is 5.72. The molecule has 1 heterocycles. The maximum atomic E-state index is 11.2. The van der Waals surface area contributed by atoms with Crippen LogP contribution >= 0.6 is 0 Å². The zero-order valence-electron chi connectivity index (χ0n) is 13.6. The van der Waals surface area contributed by atoms with Gasteiger partial charge in [0.25, 0.3) is 0 Å². The summed E-state index contributed by atoms with van der Waals surface area (Å²) in [4.78, 5) is 13.6. The second-order valence-corrected chi connectivity index (χ2v) is 6.15. The second kappa shape index (κ2) is 7.61. The van der Waals surface area contributed by atoms with Gasteiger partial charge in [0.05, 0.1) is 26.7 Å². The molecule has 0 unspecified atom stereocenters. The Labute approximate surface area is 132 Å². The Hall–Kier alpha value is -1.59. The Morgan fingerprint density at radius 3 is 2.45 bits per heavy atom. The zero-order valence-corrected chi connectivity index (χ0v) is 13.6. The van der Waals surface area contributed by atoms with Crippen LogP contribution in [-0.2, 0) is 20.7 Å². The predicted molar refractivity (Wildman–Crippen MR) is 84.1 cm³/mol. The summed E-state index contributed by atoms with van der Waals surface area (Å²) in [6, 6.07) is 7.60. The van der Waals surface area contributed by atoms with Crippen molar-refractivity contribution in [3.8, 4) is 5.75 Å². The van der Waals surface area contributed by atoms with Crippen LogP contribution in [0.25, 0.3) is 0 Å². The van der Waals surface area contributed by atoms with Gasteiger partial charge in [-0.05, 0) is 31.5 Å². The number of morpholine rings is 1. The Morgan fingerprint density at radius 1 is 1.23 bits per heavy atom. The molecule has 0 spiro atoms. The molecule has 1 aliphatic rings. The first-order chi connectivity index (χ1) is 10.5. The summed E-state index contributed by atoms with van der Waals surface area (Å²) >= 11 is 0. The van der Waals surface area contributed by atoms with Gasteiger partial charge in [-0.15, -0.1) is 0 Å². The van der Waals surface area contributed by atoms with Gasteiger partial charge in [-0.3, -0.25) is 9.69 Å². The topological polar surface area (TPSA) is 48.0 Å². The molecule has 122 valence electrons. The van der Waals surface area contributed by atoms with Crippen molar-refractivity contribution < 1.29 is 19.0 Å². The molecule has 1 fully saturated rings. The van der Waals surface area contributed by atoms with Crippen LogP contribution < -0.4 is 4.74 Å². The third-order valence-electron chi connectivity index (χ3n) is 3.60. The van der Waals surface area contributed by atoms with Crippen LogP contribution in [0.4, 0.5) is 0 Å². The molecule has 5 nitrogen and oxygen atoms in total. The molecule has 0 aromatic heterocycles. The highest BCUT2D eigenvalue weighted by Gasteiger charge is 2.25. The molecule has 0 N–H and O–H groups in total. The predicted octanol–water partition coefficient (Wildman–Crippen LogP) is 1.89. The number of rotatable bonds is 6. The van der Waals surface area contributed by atoms with Gasteiger partial charge in [-0.2, -0.15) is 0 Å². The van der Waals surface area contributed by atoms with Crippen LogP contribution in [0.2, 0.25) is 0 Å². The number of hydrogen-bond acceptors (Lipinski definition) is 5. The van der Waals surface area contributed by atoms with E-state index in [0.29, 0.717) is 0 Å². The number of carbonyl (C=O) groups is 1. The van der Waals surface area contributed by atoms with Gasteiger partial charge in [0.2, 0.25) is 0 Å². The van der Waals surface area contributed by atoms with Crippen molar-refractivity contribution in [2.24, 2.45) is 0 Å². The average molecular weight is 307 g/mol. The molecule has 1 aromatic rings. The van der Waals surface area contributed by atoms with Crippen molar-refractivity contribution >= 4 is 5.97 Å². The highest BCUT2D eigenvalue weighted by Crippen LogP contribution is 2.20. The number of methoxy groups -OCH3 is 1. The van der Waals surface area contributed by atoms with Crippen molar-refractivity contribution in [3.63, 3.8) is 0 Å². The summed E-state index contributed by atoms with van der Waals surface area (Å²) < 4.78 is 16.1. The lowest BCUT2D eigenvalue weighted by atomic mass is 10.1. The maximum Gasteiger partial charge on any atom is 0.309 e. The maximum absolute atomic E-state index is 11.2. The minimum atomic E-state index is -0.277. The van der Waals surface area contributed by atoms with E-state index in [-0.39, 0.29) is 18.0 Å². The van der Waals surface area contributed by atoms with Crippen LogP contribution in [0.3, 0.4) is 0 Å². The lowest BCUT2D eigenvalue weighted by Gasteiger charge is -2.35. The number of carbonyl (C=O) groups excluding carboxylic acids is 1. The second-order valence-electron chi connectivity index (χ2n) is 6.15. The molecular formula is C17H25NO4. The fourth-order valence-electron chi connectivity index (χ4n) is 2.56. The standard InChI is InChI=1S/C17H25NO4/c1-17(2,13-18-8-10-21-11-9-18)22-15-6-4-14(5-7-15)12-16(19)20-3/h4-7H,8-13H2,1-3H3.